The molecule has 0 spiro atoms. The summed E-state index contributed by atoms with van der Waals surface area (Å²) in [6.07, 6.45) is 5.30. The van der Waals surface area contributed by atoms with Gasteiger partial charge in [-0.15, -0.1) is 0 Å². The fraction of sp³-hybridized carbons (Fsp3) is 0.522. The molecule has 0 aliphatic heterocycles. The van der Waals surface area contributed by atoms with Gasteiger partial charge in [-0.1, -0.05) is 12.1 Å². The van der Waals surface area contributed by atoms with E-state index in [0.717, 1.165) is 43.7 Å². The number of hydrogen-bond acceptors (Lipinski definition) is 6. The van der Waals surface area contributed by atoms with Gasteiger partial charge in [-0.25, -0.2) is 9.37 Å². The molecule has 0 radical (unpaired) electrons. The third kappa shape index (κ3) is 6.14. The molecule has 0 saturated heterocycles. The molecule has 3 atom stereocenters. The van der Waals surface area contributed by atoms with Crippen molar-refractivity contribution in [3.8, 4) is 5.75 Å². The molecule has 1 aliphatic rings. The highest BCUT2D eigenvalue weighted by molar-refractivity contribution is 5.36. The Morgan fingerprint density at radius 3 is 2.80 bits per heavy atom. The number of aromatic nitrogens is 1. The number of methoxy groups -OCH3 is 1. The second-order valence-electron chi connectivity index (χ2n) is 7.87. The van der Waals surface area contributed by atoms with Gasteiger partial charge in [0, 0.05) is 37.9 Å². The molecule has 0 amide bonds. The third-order valence-electron chi connectivity index (χ3n) is 5.75. The van der Waals surface area contributed by atoms with E-state index in [2.05, 4.69) is 33.9 Å². The minimum absolute atomic E-state index is 0.132. The Balaban J connectivity index is 1.48. The van der Waals surface area contributed by atoms with Gasteiger partial charge in [-0.2, -0.15) is 0 Å². The van der Waals surface area contributed by atoms with Gasteiger partial charge >= 0.3 is 0 Å². The number of benzene rings is 1. The van der Waals surface area contributed by atoms with E-state index >= 15 is 0 Å². The first-order valence-electron chi connectivity index (χ1n) is 10.7. The Kier molecular flexibility index (Phi) is 8.42. The number of hydrogen-bond donors (Lipinski definition) is 4. The fourth-order valence-corrected chi connectivity index (χ4v) is 4.07. The summed E-state index contributed by atoms with van der Waals surface area (Å²) in [7, 11) is 1.49. The summed E-state index contributed by atoms with van der Waals surface area (Å²) in [6, 6.07) is 9.82. The van der Waals surface area contributed by atoms with Gasteiger partial charge in [-0.05, 0) is 61.4 Å². The lowest BCUT2D eigenvalue weighted by Crippen LogP contribution is -2.29. The van der Waals surface area contributed by atoms with Crippen LogP contribution in [0.3, 0.4) is 0 Å². The summed E-state index contributed by atoms with van der Waals surface area (Å²) in [5.41, 5.74) is 2.31. The highest BCUT2D eigenvalue weighted by Gasteiger charge is 2.27. The number of pyridine rings is 1. The number of nitrogens with zero attached hydrogens (tertiary/aromatic N) is 1. The third-order valence-corrected chi connectivity index (χ3v) is 5.75. The van der Waals surface area contributed by atoms with Crippen LogP contribution in [0.5, 0.6) is 5.75 Å². The topological polar surface area (TPSA) is 78.4 Å². The smallest absolute Gasteiger partial charge is 0.165 e. The van der Waals surface area contributed by atoms with Crippen LogP contribution in [0.15, 0.2) is 36.5 Å². The van der Waals surface area contributed by atoms with Crippen molar-refractivity contribution in [2.24, 2.45) is 0 Å². The van der Waals surface area contributed by atoms with Crippen LogP contribution in [0.1, 0.15) is 49.3 Å². The molecule has 7 heteroatoms. The predicted octanol–water partition coefficient (Wildman–Crippen LogP) is 3.21. The zero-order chi connectivity index (χ0) is 21.3. The molecule has 0 bridgehead atoms. The molecule has 1 aliphatic carbocycles. The molecule has 1 aromatic heterocycles. The van der Waals surface area contributed by atoms with Gasteiger partial charge in [0.15, 0.2) is 11.6 Å². The van der Waals surface area contributed by atoms with Crippen LogP contribution in [0.4, 0.5) is 10.2 Å². The Morgan fingerprint density at radius 2 is 2.07 bits per heavy atom. The zero-order valence-electron chi connectivity index (χ0n) is 17.8. The van der Waals surface area contributed by atoms with Crippen LogP contribution in [0.25, 0.3) is 0 Å². The molecule has 30 heavy (non-hydrogen) atoms. The van der Waals surface area contributed by atoms with Crippen molar-refractivity contribution in [3.63, 3.8) is 0 Å². The van der Waals surface area contributed by atoms with Crippen molar-refractivity contribution in [2.45, 2.75) is 44.2 Å². The van der Waals surface area contributed by atoms with Gasteiger partial charge < -0.3 is 25.8 Å². The summed E-state index contributed by atoms with van der Waals surface area (Å²) >= 11 is 0. The molecule has 1 saturated carbocycles. The van der Waals surface area contributed by atoms with E-state index in [-0.39, 0.29) is 24.2 Å². The number of rotatable bonds is 11. The van der Waals surface area contributed by atoms with Gasteiger partial charge in [0.05, 0.1) is 13.7 Å². The largest absolute Gasteiger partial charge is 0.494 e. The second-order valence-corrected chi connectivity index (χ2v) is 7.87. The normalized spacial score (nSPS) is 19.6. The maximum absolute atomic E-state index is 13.7. The lowest BCUT2D eigenvalue weighted by atomic mass is 9.99. The van der Waals surface area contributed by atoms with Crippen LogP contribution in [-0.4, -0.2) is 49.5 Å². The first-order chi connectivity index (χ1) is 14.6. The first kappa shape index (κ1) is 22.5. The minimum Gasteiger partial charge on any atom is -0.494 e. The fourth-order valence-electron chi connectivity index (χ4n) is 4.07. The van der Waals surface area contributed by atoms with Crippen molar-refractivity contribution >= 4 is 5.82 Å². The average Bonchev–Trinajstić information content (AvgIpc) is 3.22. The number of halogens is 1. The Bertz CT molecular complexity index is 787. The van der Waals surface area contributed by atoms with Crippen LogP contribution in [-0.2, 0) is 0 Å². The maximum Gasteiger partial charge on any atom is 0.165 e. The first-order valence-corrected chi connectivity index (χ1v) is 10.7. The van der Waals surface area contributed by atoms with Crippen LogP contribution >= 0.6 is 0 Å². The SMILES string of the molecule is COc1cc(C(C)NC2CCC(c3ccc(NCCNCCO)nc3)C2)ccc1F. The molecule has 3 rings (SSSR count). The number of nitrogens with one attached hydrogen (secondary N) is 3. The number of ether oxygens (including phenoxy) is 1. The minimum atomic E-state index is -0.332. The molecule has 164 valence electrons. The molecule has 4 N–H and O–H groups in total. The summed E-state index contributed by atoms with van der Waals surface area (Å²) < 4.78 is 18.8. The monoisotopic (exact) mass is 416 g/mol. The molecule has 2 aromatic rings. The van der Waals surface area contributed by atoms with Gasteiger partial charge in [-0.3, -0.25) is 0 Å². The van der Waals surface area contributed by atoms with Gasteiger partial charge in [0.1, 0.15) is 5.82 Å². The molecule has 1 aromatic carbocycles. The molecular weight excluding hydrogens is 383 g/mol. The number of aliphatic hydroxyl groups excluding tert-OH is 1. The molecule has 6 nitrogen and oxygen atoms in total. The summed E-state index contributed by atoms with van der Waals surface area (Å²) in [5, 5.41) is 18.9. The molecule has 1 fully saturated rings. The van der Waals surface area contributed by atoms with Crippen molar-refractivity contribution in [3.05, 3.63) is 53.5 Å². The molecule has 3 unspecified atom stereocenters. The number of anilines is 1. The standard InChI is InChI=1S/C23H33FN4O2/c1-16(17-4-7-21(24)22(14-17)30-2)28-20-6-3-18(13-20)19-5-8-23(27-15-19)26-10-9-25-11-12-29/h4-5,7-8,14-16,18,20,25,28-29H,3,6,9-13H2,1-2H3,(H,26,27). The lowest BCUT2D eigenvalue weighted by molar-refractivity contribution is 0.293. The van der Waals surface area contributed by atoms with E-state index in [0.29, 0.717) is 18.5 Å². The van der Waals surface area contributed by atoms with Crippen LogP contribution < -0.4 is 20.7 Å². The van der Waals surface area contributed by atoms with Crippen LogP contribution in [0.2, 0.25) is 0 Å². The van der Waals surface area contributed by atoms with Crippen molar-refractivity contribution in [1.82, 2.24) is 15.6 Å². The quantitative estimate of drug-likeness (QED) is 0.422. The maximum atomic E-state index is 13.7. The van der Waals surface area contributed by atoms with E-state index in [1.165, 1.54) is 18.7 Å². The lowest BCUT2D eigenvalue weighted by Gasteiger charge is -2.21. The van der Waals surface area contributed by atoms with Crippen LogP contribution in [0, 0.1) is 5.82 Å². The van der Waals surface area contributed by atoms with Gasteiger partial charge in [0.2, 0.25) is 0 Å². The average molecular weight is 417 g/mol. The Hall–Kier alpha value is -2.22. The summed E-state index contributed by atoms with van der Waals surface area (Å²) in [6.45, 7) is 4.43. The van der Waals surface area contributed by atoms with E-state index in [1.54, 1.807) is 6.07 Å². The van der Waals surface area contributed by atoms with Gasteiger partial charge in [0.25, 0.3) is 0 Å². The van der Waals surface area contributed by atoms with E-state index in [1.807, 2.05) is 18.3 Å². The predicted molar refractivity (Wildman–Crippen MR) is 118 cm³/mol. The Labute approximate surface area is 178 Å². The van der Waals surface area contributed by atoms with E-state index < -0.39 is 0 Å². The highest BCUT2D eigenvalue weighted by Crippen LogP contribution is 2.35. The molecular formula is C23H33FN4O2. The summed E-state index contributed by atoms with van der Waals surface area (Å²) in [4.78, 5) is 4.54. The van der Waals surface area contributed by atoms with E-state index in [9.17, 15) is 4.39 Å². The summed E-state index contributed by atoms with van der Waals surface area (Å²) in [5.74, 6) is 1.33. The highest BCUT2D eigenvalue weighted by atomic mass is 19.1. The second kappa shape index (κ2) is 11.2. The Morgan fingerprint density at radius 1 is 1.20 bits per heavy atom. The van der Waals surface area contributed by atoms with E-state index in [4.69, 9.17) is 9.84 Å². The molecule has 1 heterocycles. The van der Waals surface area contributed by atoms with Crippen molar-refractivity contribution < 1.29 is 14.2 Å². The zero-order valence-corrected chi connectivity index (χ0v) is 17.8. The van der Waals surface area contributed by atoms with Crippen molar-refractivity contribution in [1.29, 1.82) is 0 Å². The van der Waals surface area contributed by atoms with Crippen molar-refractivity contribution in [2.75, 3.05) is 38.7 Å². The number of aliphatic hydroxyl groups is 1.